The number of aryl methyl sites for hydroxylation is 1. The number of carbonyl (C=O) groups is 1. The first kappa shape index (κ1) is 8.87. The molecule has 0 atom stereocenters. The van der Waals surface area contributed by atoms with E-state index in [2.05, 4.69) is 15.3 Å². The Hall–Kier alpha value is -1.71. The van der Waals surface area contributed by atoms with Crippen LogP contribution in [0.2, 0.25) is 0 Å². The molecule has 0 radical (unpaired) electrons. The molecule has 1 N–H and O–H groups in total. The van der Waals surface area contributed by atoms with Gasteiger partial charge in [0.1, 0.15) is 0 Å². The summed E-state index contributed by atoms with van der Waals surface area (Å²) in [6.07, 6.45) is 3.75. The SMILES string of the molecule is CNc1nc(C)c2c(n1)CC(=O)C=C2. The Bertz CT molecular complexity index is 424. The molecule has 0 saturated carbocycles. The van der Waals surface area contributed by atoms with Crippen molar-refractivity contribution in [1.29, 1.82) is 0 Å². The predicted octanol–water partition coefficient (Wildman–Crippen LogP) is 0.965. The van der Waals surface area contributed by atoms with Crippen molar-refractivity contribution in [3.05, 3.63) is 23.0 Å². The van der Waals surface area contributed by atoms with Gasteiger partial charge >= 0.3 is 0 Å². The molecule has 1 aromatic heterocycles. The smallest absolute Gasteiger partial charge is 0.222 e. The molecule has 1 aliphatic carbocycles. The summed E-state index contributed by atoms with van der Waals surface area (Å²) in [4.78, 5) is 19.7. The Morgan fingerprint density at radius 2 is 2.14 bits per heavy atom. The molecule has 1 heterocycles. The maximum absolute atomic E-state index is 11.2. The van der Waals surface area contributed by atoms with Gasteiger partial charge in [0, 0.05) is 12.6 Å². The second-order valence-corrected chi connectivity index (χ2v) is 3.22. The average molecular weight is 189 g/mol. The van der Waals surface area contributed by atoms with E-state index in [1.807, 2.05) is 6.92 Å². The number of allylic oxidation sites excluding steroid dienone is 1. The normalized spacial score (nSPS) is 14.0. The number of aromatic nitrogens is 2. The number of hydrogen-bond donors (Lipinski definition) is 1. The highest BCUT2D eigenvalue weighted by molar-refractivity contribution is 5.98. The predicted molar refractivity (Wildman–Crippen MR) is 54.1 cm³/mol. The van der Waals surface area contributed by atoms with Crippen LogP contribution >= 0.6 is 0 Å². The second-order valence-electron chi connectivity index (χ2n) is 3.22. The summed E-state index contributed by atoms with van der Waals surface area (Å²) in [5.41, 5.74) is 2.70. The lowest BCUT2D eigenvalue weighted by molar-refractivity contribution is -0.114. The molecule has 2 rings (SSSR count). The summed E-state index contributed by atoms with van der Waals surface area (Å²) in [6, 6.07) is 0. The van der Waals surface area contributed by atoms with Crippen molar-refractivity contribution in [3.8, 4) is 0 Å². The summed E-state index contributed by atoms with van der Waals surface area (Å²) in [7, 11) is 1.77. The van der Waals surface area contributed by atoms with Gasteiger partial charge in [-0.3, -0.25) is 4.79 Å². The lowest BCUT2D eigenvalue weighted by Crippen LogP contribution is -2.12. The summed E-state index contributed by atoms with van der Waals surface area (Å²) < 4.78 is 0. The van der Waals surface area contributed by atoms with E-state index in [9.17, 15) is 4.79 Å². The maximum atomic E-state index is 11.2. The second kappa shape index (κ2) is 3.21. The molecule has 0 bridgehead atoms. The molecule has 0 saturated heterocycles. The van der Waals surface area contributed by atoms with Crippen LogP contribution in [0.1, 0.15) is 17.0 Å². The zero-order chi connectivity index (χ0) is 10.1. The third kappa shape index (κ3) is 1.39. The molecular formula is C10H11N3O. The number of nitrogens with one attached hydrogen (secondary N) is 1. The van der Waals surface area contributed by atoms with Crippen LogP contribution in [-0.2, 0) is 11.2 Å². The number of rotatable bonds is 1. The number of anilines is 1. The Morgan fingerprint density at radius 1 is 1.36 bits per heavy atom. The zero-order valence-corrected chi connectivity index (χ0v) is 8.16. The summed E-state index contributed by atoms with van der Waals surface area (Å²) in [6.45, 7) is 1.92. The van der Waals surface area contributed by atoms with Gasteiger partial charge < -0.3 is 5.32 Å². The molecule has 0 unspecified atom stereocenters. The van der Waals surface area contributed by atoms with Gasteiger partial charge in [-0.05, 0) is 19.1 Å². The third-order valence-electron chi connectivity index (χ3n) is 2.22. The van der Waals surface area contributed by atoms with Gasteiger partial charge in [-0.2, -0.15) is 0 Å². The molecule has 4 heteroatoms. The molecule has 0 aliphatic heterocycles. The molecule has 0 amide bonds. The van der Waals surface area contributed by atoms with Gasteiger partial charge in [-0.25, -0.2) is 9.97 Å². The lowest BCUT2D eigenvalue weighted by atomic mass is 10.0. The van der Waals surface area contributed by atoms with E-state index in [1.165, 1.54) is 0 Å². The largest absolute Gasteiger partial charge is 0.357 e. The monoisotopic (exact) mass is 189 g/mol. The third-order valence-corrected chi connectivity index (χ3v) is 2.22. The van der Waals surface area contributed by atoms with Crippen molar-refractivity contribution in [2.24, 2.45) is 0 Å². The van der Waals surface area contributed by atoms with Crippen LogP contribution < -0.4 is 5.32 Å². The topological polar surface area (TPSA) is 54.9 Å². The van der Waals surface area contributed by atoms with E-state index in [1.54, 1.807) is 19.2 Å². The fourth-order valence-corrected chi connectivity index (χ4v) is 1.50. The van der Waals surface area contributed by atoms with Crippen molar-refractivity contribution >= 4 is 17.8 Å². The van der Waals surface area contributed by atoms with Crippen LogP contribution in [0.25, 0.3) is 6.08 Å². The summed E-state index contributed by atoms with van der Waals surface area (Å²) in [5, 5.41) is 2.88. The van der Waals surface area contributed by atoms with E-state index in [0.29, 0.717) is 12.4 Å². The fourth-order valence-electron chi connectivity index (χ4n) is 1.50. The van der Waals surface area contributed by atoms with Gasteiger partial charge in [-0.15, -0.1) is 0 Å². The number of ketones is 1. The maximum Gasteiger partial charge on any atom is 0.222 e. The Kier molecular flexibility index (Phi) is 2.04. The van der Waals surface area contributed by atoms with Gasteiger partial charge in [0.05, 0.1) is 17.8 Å². The minimum absolute atomic E-state index is 0.0950. The molecule has 72 valence electrons. The molecule has 1 aromatic rings. The zero-order valence-electron chi connectivity index (χ0n) is 8.16. The lowest BCUT2D eigenvalue weighted by Gasteiger charge is -2.12. The van der Waals surface area contributed by atoms with Crippen LogP contribution in [0, 0.1) is 6.92 Å². The van der Waals surface area contributed by atoms with Crippen LogP contribution in [0.15, 0.2) is 6.08 Å². The molecule has 0 fully saturated rings. The highest BCUT2D eigenvalue weighted by Crippen LogP contribution is 2.19. The van der Waals surface area contributed by atoms with E-state index in [-0.39, 0.29) is 5.78 Å². The van der Waals surface area contributed by atoms with Crippen LogP contribution in [0.5, 0.6) is 0 Å². The van der Waals surface area contributed by atoms with E-state index in [4.69, 9.17) is 0 Å². The van der Waals surface area contributed by atoms with Gasteiger partial charge in [0.25, 0.3) is 0 Å². The number of carbonyl (C=O) groups excluding carboxylic acids is 1. The van der Waals surface area contributed by atoms with Crippen molar-refractivity contribution in [2.75, 3.05) is 12.4 Å². The average Bonchev–Trinajstić information content (AvgIpc) is 2.16. The highest BCUT2D eigenvalue weighted by Gasteiger charge is 2.15. The molecule has 4 nitrogen and oxygen atoms in total. The van der Waals surface area contributed by atoms with Gasteiger partial charge in [-0.1, -0.05) is 0 Å². The quantitative estimate of drug-likeness (QED) is 0.715. The van der Waals surface area contributed by atoms with Crippen LogP contribution in [-0.4, -0.2) is 22.8 Å². The van der Waals surface area contributed by atoms with E-state index < -0.39 is 0 Å². The Balaban J connectivity index is 2.56. The first-order chi connectivity index (χ1) is 6.70. The number of fused-ring (bicyclic) bond motifs is 1. The van der Waals surface area contributed by atoms with Crippen molar-refractivity contribution < 1.29 is 4.79 Å². The van der Waals surface area contributed by atoms with Crippen molar-refractivity contribution in [3.63, 3.8) is 0 Å². The first-order valence-corrected chi connectivity index (χ1v) is 4.47. The van der Waals surface area contributed by atoms with Gasteiger partial charge in [0.2, 0.25) is 5.95 Å². The van der Waals surface area contributed by atoms with E-state index in [0.717, 1.165) is 17.0 Å². The van der Waals surface area contributed by atoms with Gasteiger partial charge in [0.15, 0.2) is 5.78 Å². The molecule has 1 aliphatic rings. The minimum atomic E-state index is 0.0950. The summed E-state index contributed by atoms with van der Waals surface area (Å²) in [5.74, 6) is 0.669. The molecule has 14 heavy (non-hydrogen) atoms. The van der Waals surface area contributed by atoms with E-state index >= 15 is 0 Å². The molecule has 0 aromatic carbocycles. The van der Waals surface area contributed by atoms with Crippen LogP contribution in [0.3, 0.4) is 0 Å². The standard InChI is InChI=1S/C10H11N3O/c1-6-8-4-3-7(14)5-9(8)13-10(11-2)12-6/h3-4H,5H2,1-2H3,(H,11,12,13). The number of hydrogen-bond acceptors (Lipinski definition) is 4. The minimum Gasteiger partial charge on any atom is -0.357 e. The number of nitrogens with zero attached hydrogens (tertiary/aromatic N) is 2. The van der Waals surface area contributed by atoms with Crippen LogP contribution in [0.4, 0.5) is 5.95 Å². The molecule has 0 spiro atoms. The highest BCUT2D eigenvalue weighted by atomic mass is 16.1. The Morgan fingerprint density at radius 3 is 2.86 bits per heavy atom. The molecular weight excluding hydrogens is 178 g/mol. The van der Waals surface area contributed by atoms with Crippen molar-refractivity contribution in [1.82, 2.24) is 9.97 Å². The van der Waals surface area contributed by atoms with Crippen molar-refractivity contribution in [2.45, 2.75) is 13.3 Å². The first-order valence-electron chi connectivity index (χ1n) is 4.47. The Labute approximate surface area is 82.1 Å². The fraction of sp³-hybridized carbons (Fsp3) is 0.300. The summed E-state index contributed by atoms with van der Waals surface area (Å²) >= 11 is 0.